The van der Waals surface area contributed by atoms with Crippen molar-refractivity contribution in [2.45, 2.75) is 57.2 Å². The molecule has 0 spiro atoms. The third kappa shape index (κ3) is 3.92. The second-order valence-corrected chi connectivity index (χ2v) is 9.55. The average molecular weight is 384 g/mol. The van der Waals surface area contributed by atoms with Crippen LogP contribution in [0.1, 0.15) is 44.1 Å². The van der Waals surface area contributed by atoms with Crippen LogP contribution in [0.2, 0.25) is 0 Å². The second kappa shape index (κ2) is 7.68. The Labute approximate surface area is 168 Å². The van der Waals surface area contributed by atoms with E-state index in [1.165, 1.54) is 63.7 Å². The van der Waals surface area contributed by atoms with Gasteiger partial charge in [-0.3, -0.25) is 14.6 Å². The number of rotatable bonds is 6. The first-order valence-corrected chi connectivity index (χ1v) is 11.1. The molecule has 3 aliphatic heterocycles. The molecule has 1 aromatic carbocycles. The summed E-state index contributed by atoms with van der Waals surface area (Å²) in [5.41, 5.74) is 6.46. The Bertz CT molecular complexity index is 702. The number of nitrogens with two attached hydrogens (primary N) is 1. The molecule has 3 saturated heterocycles. The van der Waals surface area contributed by atoms with Crippen molar-refractivity contribution in [3.63, 3.8) is 0 Å². The number of ether oxygens (including phenoxy) is 1. The molecule has 0 radical (unpaired) electrons. The van der Waals surface area contributed by atoms with E-state index in [1.807, 2.05) is 12.1 Å². The van der Waals surface area contributed by atoms with Crippen LogP contribution in [0, 0.1) is 17.8 Å². The van der Waals surface area contributed by atoms with E-state index in [0.29, 0.717) is 5.75 Å². The Kier molecular flexibility index (Phi) is 5.06. The number of hydrogen-bond donors (Lipinski definition) is 1. The lowest BCUT2D eigenvalue weighted by molar-refractivity contribution is -0.119. The molecule has 4 aliphatic rings. The van der Waals surface area contributed by atoms with Gasteiger partial charge in [0.15, 0.2) is 6.61 Å². The summed E-state index contributed by atoms with van der Waals surface area (Å²) in [5, 5.41) is 0. The van der Waals surface area contributed by atoms with Crippen molar-refractivity contribution in [1.82, 2.24) is 9.80 Å². The van der Waals surface area contributed by atoms with E-state index in [2.05, 4.69) is 21.9 Å². The fourth-order valence-corrected chi connectivity index (χ4v) is 6.17. The van der Waals surface area contributed by atoms with Crippen molar-refractivity contribution >= 4 is 5.91 Å². The quantitative estimate of drug-likeness (QED) is 0.820. The van der Waals surface area contributed by atoms with Crippen LogP contribution in [0.25, 0.3) is 0 Å². The first-order valence-electron chi connectivity index (χ1n) is 11.1. The molecular formula is C23H33N3O2. The summed E-state index contributed by atoms with van der Waals surface area (Å²) in [4.78, 5) is 16.5. The van der Waals surface area contributed by atoms with Crippen molar-refractivity contribution in [2.75, 3.05) is 26.2 Å². The topological polar surface area (TPSA) is 58.8 Å². The summed E-state index contributed by atoms with van der Waals surface area (Å²) < 4.78 is 5.37. The van der Waals surface area contributed by atoms with Crippen molar-refractivity contribution in [3.05, 3.63) is 29.8 Å². The summed E-state index contributed by atoms with van der Waals surface area (Å²) in [6, 6.07) is 9.89. The number of primary amides is 1. The highest BCUT2D eigenvalue weighted by Gasteiger charge is 2.47. The molecule has 2 N–H and O–H groups in total. The monoisotopic (exact) mass is 383 g/mol. The summed E-state index contributed by atoms with van der Waals surface area (Å²) in [5.74, 6) is 2.99. The van der Waals surface area contributed by atoms with Crippen LogP contribution in [0.5, 0.6) is 5.75 Å². The molecule has 1 aliphatic carbocycles. The molecule has 0 unspecified atom stereocenters. The highest BCUT2D eigenvalue weighted by molar-refractivity contribution is 5.75. The van der Waals surface area contributed by atoms with Gasteiger partial charge in [0.2, 0.25) is 0 Å². The van der Waals surface area contributed by atoms with Gasteiger partial charge in [-0.2, -0.15) is 0 Å². The summed E-state index contributed by atoms with van der Waals surface area (Å²) >= 11 is 0. The molecule has 0 aromatic heterocycles. The molecule has 152 valence electrons. The zero-order valence-electron chi connectivity index (χ0n) is 16.8. The normalized spacial score (nSPS) is 33.3. The first kappa shape index (κ1) is 18.4. The zero-order chi connectivity index (χ0) is 19.1. The summed E-state index contributed by atoms with van der Waals surface area (Å²) in [7, 11) is 0. The molecule has 2 bridgehead atoms. The molecule has 1 saturated carbocycles. The van der Waals surface area contributed by atoms with E-state index >= 15 is 0 Å². The number of hydrogen-bond acceptors (Lipinski definition) is 4. The maximum atomic E-state index is 10.8. The highest BCUT2D eigenvalue weighted by Crippen LogP contribution is 2.46. The van der Waals surface area contributed by atoms with Crippen molar-refractivity contribution in [3.8, 4) is 5.75 Å². The lowest BCUT2D eigenvalue weighted by Gasteiger charge is -2.55. The van der Waals surface area contributed by atoms with Gasteiger partial charge in [0.1, 0.15) is 5.75 Å². The van der Waals surface area contributed by atoms with Gasteiger partial charge in [-0.15, -0.1) is 0 Å². The predicted molar refractivity (Wildman–Crippen MR) is 109 cm³/mol. The first-order chi connectivity index (χ1) is 13.7. The van der Waals surface area contributed by atoms with Gasteiger partial charge in [0.05, 0.1) is 0 Å². The summed E-state index contributed by atoms with van der Waals surface area (Å²) in [6.07, 6.45) is 8.71. The minimum atomic E-state index is -0.440. The van der Waals surface area contributed by atoms with Crippen molar-refractivity contribution in [2.24, 2.45) is 23.5 Å². The largest absolute Gasteiger partial charge is 0.484 e. The molecule has 5 rings (SSSR count). The van der Waals surface area contributed by atoms with Gasteiger partial charge >= 0.3 is 0 Å². The molecule has 1 aromatic rings. The number of fused-ring (bicyclic) bond motifs is 4. The van der Waals surface area contributed by atoms with Crippen molar-refractivity contribution < 1.29 is 9.53 Å². The van der Waals surface area contributed by atoms with Crippen LogP contribution in [0.15, 0.2) is 24.3 Å². The Morgan fingerprint density at radius 2 is 1.75 bits per heavy atom. The molecule has 4 atom stereocenters. The zero-order valence-corrected chi connectivity index (χ0v) is 16.8. The Balaban J connectivity index is 1.20. The number of nitrogens with zero attached hydrogens (tertiary/aromatic N) is 2. The number of likely N-dealkylation sites (tertiary alicyclic amines) is 1. The molecule has 3 heterocycles. The maximum Gasteiger partial charge on any atom is 0.255 e. The third-order valence-electron chi connectivity index (χ3n) is 7.39. The number of amides is 1. The van der Waals surface area contributed by atoms with E-state index in [9.17, 15) is 4.79 Å². The fraction of sp³-hybridized carbons (Fsp3) is 0.696. The summed E-state index contributed by atoms with van der Waals surface area (Å²) in [6.45, 7) is 4.77. The van der Waals surface area contributed by atoms with E-state index in [4.69, 9.17) is 10.5 Å². The van der Waals surface area contributed by atoms with E-state index in [1.54, 1.807) is 0 Å². The fourth-order valence-electron chi connectivity index (χ4n) is 6.17. The molecule has 1 amide bonds. The van der Waals surface area contributed by atoms with E-state index in [-0.39, 0.29) is 6.61 Å². The van der Waals surface area contributed by atoms with Gasteiger partial charge < -0.3 is 10.5 Å². The van der Waals surface area contributed by atoms with Gasteiger partial charge in [-0.05, 0) is 67.6 Å². The van der Waals surface area contributed by atoms with Gasteiger partial charge in [-0.1, -0.05) is 18.6 Å². The molecule has 28 heavy (non-hydrogen) atoms. The van der Waals surface area contributed by atoms with Gasteiger partial charge in [0, 0.05) is 38.3 Å². The standard InChI is InChI=1S/C23H33N3O2/c24-23(27)15-28-20-8-4-16(5-9-20)11-25-12-17-10-19(14-25)22-3-1-2-21(18-6-7-18)26(22)13-17/h4-5,8-9,17-19,21-22H,1-3,6-7,10-15H2,(H2,24,27)/t17-,19+,21+,22-/m0/s1. The highest BCUT2D eigenvalue weighted by atomic mass is 16.5. The minimum absolute atomic E-state index is 0.0609. The molecule has 5 heteroatoms. The third-order valence-corrected chi connectivity index (χ3v) is 7.39. The number of carbonyl (C=O) groups excluding carboxylic acids is 1. The lowest BCUT2D eigenvalue weighted by atomic mass is 9.74. The Morgan fingerprint density at radius 3 is 2.46 bits per heavy atom. The van der Waals surface area contributed by atoms with E-state index < -0.39 is 5.91 Å². The number of carbonyl (C=O) groups is 1. The van der Waals surface area contributed by atoms with Gasteiger partial charge in [0.25, 0.3) is 5.91 Å². The molecule has 5 nitrogen and oxygen atoms in total. The SMILES string of the molecule is NC(=O)COc1ccc(CN2C[C@@H]3C[C@H](C2)[C@@H]2CCC[C@H](C4CC4)N2C3)cc1. The van der Waals surface area contributed by atoms with Gasteiger partial charge in [-0.25, -0.2) is 0 Å². The Morgan fingerprint density at radius 1 is 1.00 bits per heavy atom. The van der Waals surface area contributed by atoms with Crippen LogP contribution < -0.4 is 10.5 Å². The Hall–Kier alpha value is -1.59. The van der Waals surface area contributed by atoms with Crippen molar-refractivity contribution in [1.29, 1.82) is 0 Å². The van der Waals surface area contributed by atoms with Crippen LogP contribution >= 0.6 is 0 Å². The lowest BCUT2D eigenvalue weighted by Crippen LogP contribution is -2.61. The minimum Gasteiger partial charge on any atom is -0.484 e. The average Bonchev–Trinajstić information content (AvgIpc) is 3.52. The van der Waals surface area contributed by atoms with Crippen LogP contribution in [-0.2, 0) is 11.3 Å². The van der Waals surface area contributed by atoms with E-state index in [0.717, 1.165) is 36.4 Å². The van der Waals surface area contributed by atoms with Crippen LogP contribution in [0.3, 0.4) is 0 Å². The molecule has 4 fully saturated rings. The maximum absolute atomic E-state index is 10.8. The predicted octanol–water partition coefficient (Wildman–Crippen LogP) is 2.64. The van der Waals surface area contributed by atoms with Crippen LogP contribution in [0.4, 0.5) is 0 Å². The number of piperidine rings is 3. The smallest absolute Gasteiger partial charge is 0.255 e. The second-order valence-electron chi connectivity index (χ2n) is 9.55. The van der Waals surface area contributed by atoms with Crippen LogP contribution in [-0.4, -0.2) is 54.0 Å². The number of benzene rings is 1. The molecular weight excluding hydrogens is 350 g/mol.